The van der Waals surface area contributed by atoms with Crippen LogP contribution in [-0.4, -0.2) is 46.7 Å². The third-order valence-corrected chi connectivity index (χ3v) is 6.26. The number of non-ortho nitro benzene ring substituents is 1. The van der Waals surface area contributed by atoms with Crippen LogP contribution in [0.4, 0.5) is 11.4 Å². The average Bonchev–Trinajstić information content (AvgIpc) is 3.18. The SMILES string of the molecule is CCOc1ccc(N2C(=O)CC(N(CCc3cccc(Cl)c3)C(=O)c3ccc([N+](=O)[O-])cc3)C2=O)cc1. The van der Waals surface area contributed by atoms with Crippen LogP contribution < -0.4 is 9.64 Å². The molecule has 0 spiro atoms. The minimum atomic E-state index is -1.03. The first-order chi connectivity index (χ1) is 17.8. The van der Waals surface area contributed by atoms with Crippen molar-refractivity contribution in [2.75, 3.05) is 18.1 Å². The van der Waals surface area contributed by atoms with E-state index in [0.717, 1.165) is 10.5 Å². The average molecular weight is 522 g/mol. The van der Waals surface area contributed by atoms with Crippen molar-refractivity contribution < 1.29 is 24.0 Å². The number of nitro benzene ring substituents is 1. The zero-order valence-corrected chi connectivity index (χ0v) is 20.8. The molecule has 37 heavy (non-hydrogen) atoms. The highest BCUT2D eigenvalue weighted by Gasteiger charge is 2.44. The number of nitro groups is 1. The summed E-state index contributed by atoms with van der Waals surface area (Å²) < 4.78 is 5.43. The van der Waals surface area contributed by atoms with E-state index >= 15 is 0 Å². The summed E-state index contributed by atoms with van der Waals surface area (Å²) in [5.74, 6) is -0.839. The Labute approximate surface area is 218 Å². The lowest BCUT2D eigenvalue weighted by atomic mass is 10.1. The van der Waals surface area contributed by atoms with Crippen LogP contribution in [0.1, 0.15) is 29.3 Å². The molecular formula is C27H24ClN3O6. The molecular weight excluding hydrogens is 498 g/mol. The second kappa shape index (κ2) is 11.2. The maximum Gasteiger partial charge on any atom is 0.269 e. The highest BCUT2D eigenvalue weighted by molar-refractivity contribution is 6.30. The smallest absolute Gasteiger partial charge is 0.269 e. The van der Waals surface area contributed by atoms with Crippen molar-refractivity contribution in [3.05, 3.63) is 99.1 Å². The molecule has 0 radical (unpaired) electrons. The molecule has 0 bridgehead atoms. The Morgan fingerprint density at radius 2 is 1.81 bits per heavy atom. The van der Waals surface area contributed by atoms with Crippen molar-refractivity contribution in [1.82, 2.24) is 4.90 Å². The molecule has 1 aliphatic rings. The Hall–Kier alpha value is -4.24. The van der Waals surface area contributed by atoms with Gasteiger partial charge >= 0.3 is 0 Å². The van der Waals surface area contributed by atoms with Crippen molar-refractivity contribution in [2.24, 2.45) is 0 Å². The Bertz CT molecular complexity index is 1330. The normalized spacial score (nSPS) is 15.1. The first-order valence-corrected chi connectivity index (χ1v) is 12.1. The minimum absolute atomic E-state index is 0.136. The summed E-state index contributed by atoms with van der Waals surface area (Å²) in [6.45, 7) is 2.47. The fourth-order valence-electron chi connectivity index (χ4n) is 4.22. The number of rotatable bonds is 9. The Morgan fingerprint density at radius 1 is 1.11 bits per heavy atom. The fourth-order valence-corrected chi connectivity index (χ4v) is 4.43. The van der Waals surface area contributed by atoms with Gasteiger partial charge in [0, 0.05) is 29.3 Å². The second-order valence-corrected chi connectivity index (χ2v) is 8.83. The van der Waals surface area contributed by atoms with E-state index in [1.165, 1.54) is 29.2 Å². The van der Waals surface area contributed by atoms with E-state index in [2.05, 4.69) is 0 Å². The summed E-state index contributed by atoms with van der Waals surface area (Å²) in [6.07, 6.45) is 0.209. The van der Waals surface area contributed by atoms with Crippen molar-refractivity contribution >= 4 is 40.7 Å². The first-order valence-electron chi connectivity index (χ1n) is 11.7. The van der Waals surface area contributed by atoms with Crippen LogP contribution in [-0.2, 0) is 16.0 Å². The molecule has 1 unspecified atom stereocenters. The maximum absolute atomic E-state index is 13.5. The highest BCUT2D eigenvalue weighted by atomic mass is 35.5. The molecule has 0 saturated carbocycles. The number of hydrogen-bond acceptors (Lipinski definition) is 6. The predicted octanol–water partition coefficient (Wildman–Crippen LogP) is 4.66. The van der Waals surface area contributed by atoms with Crippen LogP contribution in [0.15, 0.2) is 72.8 Å². The van der Waals surface area contributed by atoms with Crippen LogP contribution in [0, 0.1) is 10.1 Å². The Balaban J connectivity index is 1.62. The molecule has 9 nitrogen and oxygen atoms in total. The molecule has 190 valence electrons. The van der Waals surface area contributed by atoms with Gasteiger partial charge < -0.3 is 9.64 Å². The molecule has 3 aromatic rings. The summed E-state index contributed by atoms with van der Waals surface area (Å²) in [5, 5.41) is 11.6. The summed E-state index contributed by atoms with van der Waals surface area (Å²) >= 11 is 6.10. The van der Waals surface area contributed by atoms with E-state index in [0.29, 0.717) is 29.5 Å². The zero-order valence-electron chi connectivity index (χ0n) is 20.0. The van der Waals surface area contributed by atoms with Gasteiger partial charge in [-0.2, -0.15) is 0 Å². The monoisotopic (exact) mass is 521 g/mol. The summed E-state index contributed by atoms with van der Waals surface area (Å²) in [6, 6.07) is 17.9. The summed E-state index contributed by atoms with van der Waals surface area (Å²) in [4.78, 5) is 52.9. The molecule has 1 atom stereocenters. The number of amides is 3. The molecule has 0 aliphatic carbocycles. The van der Waals surface area contributed by atoms with E-state index in [-0.39, 0.29) is 24.2 Å². The number of halogens is 1. The quantitative estimate of drug-likeness (QED) is 0.230. The van der Waals surface area contributed by atoms with E-state index in [4.69, 9.17) is 16.3 Å². The van der Waals surface area contributed by atoms with Crippen LogP contribution in [0.2, 0.25) is 5.02 Å². The van der Waals surface area contributed by atoms with Crippen molar-refractivity contribution in [1.29, 1.82) is 0 Å². The predicted molar refractivity (Wildman–Crippen MR) is 138 cm³/mol. The number of carbonyl (C=O) groups is 3. The van der Waals surface area contributed by atoms with Gasteiger partial charge in [-0.15, -0.1) is 0 Å². The number of anilines is 1. The number of ether oxygens (including phenoxy) is 1. The Kier molecular flexibility index (Phi) is 7.83. The van der Waals surface area contributed by atoms with Gasteiger partial charge in [0.15, 0.2) is 0 Å². The maximum atomic E-state index is 13.5. The van der Waals surface area contributed by atoms with Crippen molar-refractivity contribution in [3.8, 4) is 5.75 Å². The van der Waals surface area contributed by atoms with E-state index < -0.39 is 28.7 Å². The van der Waals surface area contributed by atoms with Gasteiger partial charge in [0.1, 0.15) is 11.8 Å². The molecule has 1 aliphatic heterocycles. The Morgan fingerprint density at radius 3 is 2.43 bits per heavy atom. The lowest BCUT2D eigenvalue weighted by Gasteiger charge is -2.28. The molecule has 1 heterocycles. The molecule has 3 amide bonds. The molecule has 10 heteroatoms. The molecule has 0 N–H and O–H groups in total. The van der Waals surface area contributed by atoms with Gasteiger partial charge in [0.05, 0.1) is 23.6 Å². The van der Waals surface area contributed by atoms with Crippen LogP contribution >= 0.6 is 11.6 Å². The van der Waals surface area contributed by atoms with E-state index in [1.54, 1.807) is 42.5 Å². The van der Waals surface area contributed by atoms with Crippen LogP contribution in [0.3, 0.4) is 0 Å². The molecule has 4 rings (SSSR count). The van der Waals surface area contributed by atoms with Crippen LogP contribution in [0.5, 0.6) is 5.75 Å². The standard InChI is InChI=1S/C27H24ClN3O6/c1-2-37-23-12-10-21(11-13-23)30-25(32)17-24(27(30)34)29(15-14-18-4-3-5-20(28)16-18)26(33)19-6-8-22(9-7-19)31(35)36/h3-13,16,24H,2,14-15,17H2,1H3. The van der Waals surface area contributed by atoms with Crippen molar-refractivity contribution in [3.63, 3.8) is 0 Å². The summed E-state index contributed by atoms with van der Waals surface area (Å²) in [7, 11) is 0. The van der Waals surface area contributed by atoms with Gasteiger partial charge in [-0.3, -0.25) is 24.5 Å². The van der Waals surface area contributed by atoms with Gasteiger partial charge in [-0.25, -0.2) is 4.90 Å². The first kappa shape index (κ1) is 25.8. The van der Waals surface area contributed by atoms with Crippen molar-refractivity contribution in [2.45, 2.75) is 25.8 Å². The largest absolute Gasteiger partial charge is 0.494 e. The lowest BCUT2D eigenvalue weighted by molar-refractivity contribution is -0.384. The number of imide groups is 1. The number of nitrogens with zero attached hydrogens (tertiary/aromatic N) is 3. The van der Waals surface area contributed by atoms with E-state index in [1.807, 2.05) is 13.0 Å². The van der Waals surface area contributed by atoms with Gasteiger partial charge in [-0.1, -0.05) is 23.7 Å². The molecule has 1 fully saturated rings. The zero-order chi connectivity index (χ0) is 26.5. The highest BCUT2D eigenvalue weighted by Crippen LogP contribution is 2.29. The molecule has 1 saturated heterocycles. The third kappa shape index (κ3) is 5.78. The minimum Gasteiger partial charge on any atom is -0.494 e. The second-order valence-electron chi connectivity index (χ2n) is 8.40. The van der Waals surface area contributed by atoms with Gasteiger partial charge in [-0.05, 0) is 67.4 Å². The van der Waals surface area contributed by atoms with E-state index in [9.17, 15) is 24.5 Å². The fraction of sp³-hybridized carbons (Fsp3) is 0.222. The molecule has 0 aromatic heterocycles. The topological polar surface area (TPSA) is 110 Å². The lowest BCUT2D eigenvalue weighted by Crippen LogP contribution is -2.46. The third-order valence-electron chi connectivity index (χ3n) is 6.02. The van der Waals surface area contributed by atoms with Gasteiger partial charge in [0.25, 0.3) is 17.5 Å². The van der Waals surface area contributed by atoms with Gasteiger partial charge in [0.2, 0.25) is 5.91 Å². The number of carbonyl (C=O) groups excluding carboxylic acids is 3. The number of benzene rings is 3. The van der Waals surface area contributed by atoms with Crippen LogP contribution in [0.25, 0.3) is 0 Å². The number of hydrogen-bond donors (Lipinski definition) is 0. The molecule has 3 aromatic carbocycles. The summed E-state index contributed by atoms with van der Waals surface area (Å²) in [5.41, 5.74) is 1.26.